The first-order valence-electron chi connectivity index (χ1n) is 6.14. The van der Waals surface area contributed by atoms with Gasteiger partial charge in [-0.05, 0) is 19.8 Å². The number of hydrogen-bond acceptors (Lipinski definition) is 5. The lowest BCUT2D eigenvalue weighted by Gasteiger charge is -2.26. The van der Waals surface area contributed by atoms with Gasteiger partial charge in [0.2, 0.25) is 0 Å². The zero-order chi connectivity index (χ0) is 13.1. The number of halogens is 1. The number of ether oxygens (including phenoxy) is 1. The van der Waals surface area contributed by atoms with Crippen LogP contribution in [0.2, 0.25) is 0 Å². The third-order valence-electron chi connectivity index (χ3n) is 3.28. The summed E-state index contributed by atoms with van der Waals surface area (Å²) in [7, 11) is 1.50. The van der Waals surface area contributed by atoms with Crippen LogP contribution in [0.5, 0.6) is 0 Å². The van der Waals surface area contributed by atoms with Crippen molar-refractivity contribution >= 4 is 18.3 Å². The number of amides is 1. The fourth-order valence-corrected chi connectivity index (χ4v) is 2.35. The minimum absolute atomic E-state index is 0. The molecular formula is C12H20ClN3O3. The maximum Gasteiger partial charge on any atom is 0.253 e. The molecule has 1 aromatic heterocycles. The van der Waals surface area contributed by atoms with Gasteiger partial charge in [0.25, 0.3) is 5.91 Å². The second-order valence-corrected chi connectivity index (χ2v) is 4.52. The van der Waals surface area contributed by atoms with Crippen molar-refractivity contribution in [2.75, 3.05) is 20.2 Å². The van der Waals surface area contributed by atoms with Crippen LogP contribution >= 0.6 is 12.4 Å². The van der Waals surface area contributed by atoms with E-state index < -0.39 is 6.10 Å². The van der Waals surface area contributed by atoms with Crippen LogP contribution in [0.25, 0.3) is 0 Å². The summed E-state index contributed by atoms with van der Waals surface area (Å²) in [6, 6.07) is 1.84. The highest BCUT2D eigenvalue weighted by atomic mass is 35.5. The van der Waals surface area contributed by atoms with Crippen LogP contribution in [0.15, 0.2) is 10.6 Å². The van der Waals surface area contributed by atoms with Crippen LogP contribution in [-0.2, 0) is 9.53 Å². The first-order valence-corrected chi connectivity index (χ1v) is 6.14. The minimum atomic E-state index is -0.574. The first-order chi connectivity index (χ1) is 8.67. The Bertz CT molecular complexity index is 420. The predicted molar refractivity (Wildman–Crippen MR) is 72.0 cm³/mol. The molecular weight excluding hydrogens is 270 g/mol. The summed E-state index contributed by atoms with van der Waals surface area (Å²) >= 11 is 0. The number of carbonyl (C=O) groups is 1. The van der Waals surface area contributed by atoms with E-state index in [2.05, 4.69) is 5.16 Å². The Labute approximate surface area is 118 Å². The van der Waals surface area contributed by atoms with Gasteiger partial charge in [-0.3, -0.25) is 4.79 Å². The van der Waals surface area contributed by atoms with Gasteiger partial charge in [-0.25, -0.2) is 0 Å². The van der Waals surface area contributed by atoms with Gasteiger partial charge in [0.15, 0.2) is 5.76 Å². The van der Waals surface area contributed by atoms with Gasteiger partial charge in [-0.2, -0.15) is 0 Å². The smallest absolute Gasteiger partial charge is 0.253 e. The number of nitrogens with two attached hydrogens (primary N) is 1. The SMILES string of the molecule is COC(CN)C(=O)N1CCCC1c1cc(C)no1.Cl. The average molecular weight is 290 g/mol. The predicted octanol–water partition coefficient (Wildman–Crippen LogP) is 1.04. The van der Waals surface area contributed by atoms with Gasteiger partial charge in [0.05, 0.1) is 11.7 Å². The molecule has 1 amide bonds. The fraction of sp³-hybridized carbons (Fsp3) is 0.667. The lowest BCUT2D eigenvalue weighted by atomic mass is 10.1. The van der Waals surface area contributed by atoms with E-state index in [1.807, 2.05) is 13.0 Å². The van der Waals surface area contributed by atoms with Crippen molar-refractivity contribution in [3.8, 4) is 0 Å². The summed E-state index contributed by atoms with van der Waals surface area (Å²) in [5.74, 6) is 0.668. The molecule has 1 aliphatic rings. The lowest BCUT2D eigenvalue weighted by molar-refractivity contribution is -0.142. The molecule has 0 spiro atoms. The molecule has 1 saturated heterocycles. The molecule has 2 N–H and O–H groups in total. The Balaban J connectivity index is 0.00000180. The minimum Gasteiger partial charge on any atom is -0.370 e. The molecule has 19 heavy (non-hydrogen) atoms. The molecule has 0 saturated carbocycles. The summed E-state index contributed by atoms with van der Waals surface area (Å²) < 4.78 is 10.4. The molecule has 0 bridgehead atoms. The van der Waals surface area contributed by atoms with E-state index in [1.165, 1.54) is 7.11 Å². The van der Waals surface area contributed by atoms with E-state index in [-0.39, 0.29) is 30.9 Å². The zero-order valence-electron chi connectivity index (χ0n) is 11.2. The summed E-state index contributed by atoms with van der Waals surface area (Å²) in [6.07, 6.45) is 1.27. The summed E-state index contributed by atoms with van der Waals surface area (Å²) in [5.41, 5.74) is 6.36. The maximum atomic E-state index is 12.3. The van der Waals surface area contributed by atoms with Gasteiger partial charge in [0.1, 0.15) is 6.10 Å². The number of aromatic nitrogens is 1. The van der Waals surface area contributed by atoms with Crippen molar-refractivity contribution in [2.24, 2.45) is 5.73 Å². The highest BCUT2D eigenvalue weighted by Gasteiger charge is 2.35. The molecule has 1 aromatic rings. The number of methoxy groups -OCH3 is 1. The average Bonchev–Trinajstić information content (AvgIpc) is 2.98. The summed E-state index contributed by atoms with van der Waals surface area (Å²) in [4.78, 5) is 14.0. The van der Waals surface area contributed by atoms with Crippen molar-refractivity contribution < 1.29 is 14.1 Å². The molecule has 2 unspecified atom stereocenters. The van der Waals surface area contributed by atoms with Gasteiger partial charge in [0, 0.05) is 26.3 Å². The van der Waals surface area contributed by atoms with E-state index in [0.717, 1.165) is 24.3 Å². The topological polar surface area (TPSA) is 81.6 Å². The van der Waals surface area contributed by atoms with Crippen LogP contribution < -0.4 is 5.73 Å². The maximum absolute atomic E-state index is 12.3. The zero-order valence-corrected chi connectivity index (χ0v) is 12.0. The van der Waals surface area contributed by atoms with E-state index in [9.17, 15) is 4.79 Å². The van der Waals surface area contributed by atoms with Gasteiger partial charge in [-0.15, -0.1) is 12.4 Å². The second-order valence-electron chi connectivity index (χ2n) is 4.52. The van der Waals surface area contributed by atoms with E-state index in [0.29, 0.717) is 6.54 Å². The van der Waals surface area contributed by atoms with E-state index >= 15 is 0 Å². The van der Waals surface area contributed by atoms with Crippen LogP contribution in [0.4, 0.5) is 0 Å². The van der Waals surface area contributed by atoms with Crippen molar-refractivity contribution in [2.45, 2.75) is 31.9 Å². The molecule has 1 aliphatic heterocycles. The lowest BCUT2D eigenvalue weighted by Crippen LogP contribution is -2.43. The van der Waals surface area contributed by atoms with Gasteiger partial charge >= 0.3 is 0 Å². The van der Waals surface area contributed by atoms with Crippen molar-refractivity contribution in [3.63, 3.8) is 0 Å². The summed E-state index contributed by atoms with van der Waals surface area (Å²) in [6.45, 7) is 2.77. The standard InChI is InChI=1S/C12H19N3O3.ClH/c1-8-6-10(18-14-8)9-4-3-5-15(9)12(16)11(7-13)17-2;/h6,9,11H,3-5,7,13H2,1-2H3;1H. The Hall–Kier alpha value is -1.11. The monoisotopic (exact) mass is 289 g/mol. The number of rotatable bonds is 4. The number of nitrogens with zero attached hydrogens (tertiary/aromatic N) is 2. The van der Waals surface area contributed by atoms with Crippen molar-refractivity contribution in [1.29, 1.82) is 0 Å². The first kappa shape index (κ1) is 15.9. The Morgan fingerprint density at radius 1 is 1.74 bits per heavy atom. The number of carbonyl (C=O) groups excluding carboxylic acids is 1. The largest absolute Gasteiger partial charge is 0.370 e. The summed E-state index contributed by atoms with van der Waals surface area (Å²) in [5, 5.41) is 3.87. The molecule has 2 rings (SSSR count). The fourth-order valence-electron chi connectivity index (χ4n) is 2.35. The molecule has 2 heterocycles. The van der Waals surface area contributed by atoms with Crippen LogP contribution in [0.3, 0.4) is 0 Å². The van der Waals surface area contributed by atoms with Gasteiger partial charge in [-0.1, -0.05) is 5.16 Å². The molecule has 108 valence electrons. The van der Waals surface area contributed by atoms with Crippen molar-refractivity contribution in [3.05, 3.63) is 17.5 Å². The molecule has 7 heteroatoms. The Morgan fingerprint density at radius 3 is 3.00 bits per heavy atom. The Morgan fingerprint density at radius 2 is 2.47 bits per heavy atom. The molecule has 6 nitrogen and oxygen atoms in total. The molecule has 0 aromatic carbocycles. The van der Waals surface area contributed by atoms with E-state index in [1.54, 1.807) is 4.90 Å². The third-order valence-corrected chi connectivity index (χ3v) is 3.28. The number of likely N-dealkylation sites (tertiary alicyclic amines) is 1. The normalized spacial score (nSPS) is 20.2. The quantitative estimate of drug-likeness (QED) is 0.896. The molecule has 0 radical (unpaired) electrons. The highest BCUT2D eigenvalue weighted by Crippen LogP contribution is 2.32. The van der Waals surface area contributed by atoms with E-state index in [4.69, 9.17) is 15.0 Å². The number of aryl methyl sites for hydroxylation is 1. The van der Waals surface area contributed by atoms with Gasteiger partial charge < -0.3 is 19.9 Å². The molecule has 0 aliphatic carbocycles. The van der Waals surface area contributed by atoms with Crippen molar-refractivity contribution in [1.82, 2.24) is 10.1 Å². The third kappa shape index (κ3) is 3.26. The molecule has 1 fully saturated rings. The Kier molecular flexibility index (Phi) is 5.78. The highest BCUT2D eigenvalue weighted by molar-refractivity contribution is 5.85. The van der Waals surface area contributed by atoms with Crippen LogP contribution in [0, 0.1) is 6.92 Å². The molecule has 2 atom stereocenters. The van der Waals surface area contributed by atoms with Crippen LogP contribution in [-0.4, -0.2) is 42.3 Å². The van der Waals surface area contributed by atoms with Crippen LogP contribution in [0.1, 0.15) is 30.3 Å². The second kappa shape index (κ2) is 6.88. The number of hydrogen-bond donors (Lipinski definition) is 1.